The Labute approximate surface area is 242 Å². The number of piperidine rings is 1. The van der Waals surface area contributed by atoms with Gasteiger partial charge in [0.05, 0.1) is 17.9 Å². The van der Waals surface area contributed by atoms with E-state index in [0.717, 1.165) is 86.7 Å². The van der Waals surface area contributed by atoms with Gasteiger partial charge in [-0.05, 0) is 89.5 Å². The van der Waals surface area contributed by atoms with Gasteiger partial charge in [0.1, 0.15) is 0 Å². The summed E-state index contributed by atoms with van der Waals surface area (Å²) in [6, 6.07) is 6.93. The Morgan fingerprint density at radius 2 is 1.82 bits per heavy atom. The molecule has 2 N–H and O–H groups in total. The van der Waals surface area contributed by atoms with Crippen molar-refractivity contribution in [3.05, 3.63) is 77.3 Å². The van der Waals surface area contributed by atoms with Crippen molar-refractivity contribution in [2.45, 2.75) is 77.9 Å². The van der Waals surface area contributed by atoms with Crippen molar-refractivity contribution in [3.63, 3.8) is 0 Å². The molecule has 1 saturated heterocycles. The number of aliphatic imine (C=N–C) groups is 2. The summed E-state index contributed by atoms with van der Waals surface area (Å²) in [7, 11) is 4.02. The SMILES string of the molecule is C=C1CCc2ccc(C)cc2C(=C)N2CCCCC2C(=N/C)/C=C(C)/N=C(C2CC(O)C2)\C=C(/C)N(C)CCN1. The highest BCUT2D eigenvalue weighted by Crippen LogP contribution is 2.32. The lowest BCUT2D eigenvalue weighted by Gasteiger charge is -2.39. The summed E-state index contributed by atoms with van der Waals surface area (Å²) in [4.78, 5) is 14.6. The number of rotatable bonds is 1. The largest absolute Gasteiger partial charge is 0.393 e. The standard InChI is InChI=1S/C34H49N5O/c1-23-11-13-28-14-12-24(2)36-15-17-38(7)26(4)20-32(29-21-30(40)22-29)37-25(3)19-33(35-6)34-10-8-9-16-39(34)27(5)31(28)18-23/h11,13,18-20,29-30,34,36,40H,2,5,8-10,12,14-17,21-22H2,1,3-4,6-7H3/b25-19+,26-20+,35-33+,37-32+. The molecule has 2 heterocycles. The summed E-state index contributed by atoms with van der Waals surface area (Å²) in [5.41, 5.74) is 10.2. The van der Waals surface area contributed by atoms with E-state index in [-0.39, 0.29) is 18.1 Å². The molecule has 1 aromatic carbocycles. The predicted molar refractivity (Wildman–Crippen MR) is 170 cm³/mol. The smallest absolute Gasteiger partial charge is 0.0709 e. The number of fused-ring (bicyclic) bond motifs is 2. The van der Waals surface area contributed by atoms with E-state index in [9.17, 15) is 5.11 Å². The highest BCUT2D eigenvalue weighted by Gasteiger charge is 2.31. The third-order valence-corrected chi connectivity index (χ3v) is 8.70. The van der Waals surface area contributed by atoms with Crippen LogP contribution in [0.3, 0.4) is 0 Å². The van der Waals surface area contributed by atoms with E-state index in [2.05, 4.69) is 86.4 Å². The molecule has 1 unspecified atom stereocenters. The van der Waals surface area contributed by atoms with E-state index in [1.807, 2.05) is 7.05 Å². The molecule has 0 aromatic heterocycles. The minimum absolute atomic E-state index is 0.167. The van der Waals surface area contributed by atoms with E-state index >= 15 is 0 Å². The second-order valence-corrected chi connectivity index (χ2v) is 11.8. The second kappa shape index (κ2) is 13.5. The predicted octanol–water partition coefficient (Wildman–Crippen LogP) is 5.89. The van der Waals surface area contributed by atoms with Crippen LogP contribution in [0.1, 0.15) is 69.1 Å². The Balaban J connectivity index is 1.74. The van der Waals surface area contributed by atoms with Gasteiger partial charge in [0.15, 0.2) is 0 Å². The van der Waals surface area contributed by atoms with Crippen molar-refractivity contribution in [1.29, 1.82) is 0 Å². The molecule has 1 aliphatic carbocycles. The maximum absolute atomic E-state index is 10.0. The van der Waals surface area contributed by atoms with Crippen LogP contribution < -0.4 is 5.32 Å². The van der Waals surface area contributed by atoms with Gasteiger partial charge < -0.3 is 20.2 Å². The van der Waals surface area contributed by atoms with E-state index < -0.39 is 0 Å². The lowest BCUT2D eigenvalue weighted by Crippen LogP contribution is -2.43. The lowest BCUT2D eigenvalue weighted by atomic mass is 9.78. The number of allylic oxidation sites excluding steroid dienone is 4. The number of nitrogens with zero attached hydrogens (tertiary/aromatic N) is 4. The topological polar surface area (TPSA) is 63.5 Å². The van der Waals surface area contributed by atoms with Gasteiger partial charge in [-0.3, -0.25) is 9.98 Å². The summed E-state index contributed by atoms with van der Waals surface area (Å²) >= 11 is 0. The molecule has 2 aliphatic heterocycles. The van der Waals surface area contributed by atoms with Gasteiger partial charge in [0, 0.05) is 73.7 Å². The summed E-state index contributed by atoms with van der Waals surface area (Å²) in [5.74, 6) is 0.279. The first kappa shape index (κ1) is 29.9. The first-order valence-corrected chi connectivity index (χ1v) is 14.9. The first-order valence-electron chi connectivity index (χ1n) is 14.9. The molecule has 216 valence electrons. The molecule has 0 spiro atoms. The number of aliphatic hydroxyl groups is 1. The normalized spacial score (nSPS) is 30.6. The van der Waals surface area contributed by atoms with E-state index in [1.165, 1.54) is 28.8 Å². The van der Waals surface area contributed by atoms with Gasteiger partial charge in [0.2, 0.25) is 0 Å². The number of aliphatic hydroxyl groups excluding tert-OH is 1. The number of nitrogens with one attached hydrogen (secondary N) is 1. The molecule has 1 atom stereocenters. The van der Waals surface area contributed by atoms with Gasteiger partial charge in [-0.1, -0.05) is 30.9 Å². The van der Waals surface area contributed by atoms with Crippen molar-refractivity contribution >= 4 is 17.1 Å². The molecule has 0 bridgehead atoms. The highest BCUT2D eigenvalue weighted by atomic mass is 16.3. The van der Waals surface area contributed by atoms with Crippen molar-refractivity contribution in [2.75, 3.05) is 33.7 Å². The van der Waals surface area contributed by atoms with Crippen LogP contribution in [0.5, 0.6) is 0 Å². The molecule has 4 rings (SSSR count). The molecule has 1 aromatic rings. The van der Waals surface area contributed by atoms with Crippen LogP contribution in [0.2, 0.25) is 0 Å². The molecular weight excluding hydrogens is 494 g/mol. The van der Waals surface area contributed by atoms with Gasteiger partial charge in [-0.15, -0.1) is 0 Å². The highest BCUT2D eigenvalue weighted by molar-refractivity contribution is 6.02. The maximum atomic E-state index is 10.0. The number of hydrogen-bond donors (Lipinski definition) is 2. The fraction of sp³-hybridized carbons (Fsp3) is 0.529. The fourth-order valence-corrected chi connectivity index (χ4v) is 6.00. The minimum atomic E-state index is -0.225. The molecular formula is C34H49N5O. The molecule has 6 heteroatoms. The Hall–Kier alpha value is -3.12. The van der Waals surface area contributed by atoms with Crippen LogP contribution in [-0.4, -0.2) is 72.2 Å². The average Bonchev–Trinajstić information content (AvgIpc) is 2.92. The molecule has 6 nitrogen and oxygen atoms in total. The van der Waals surface area contributed by atoms with Crippen LogP contribution in [0.4, 0.5) is 0 Å². The van der Waals surface area contributed by atoms with Gasteiger partial charge >= 0.3 is 0 Å². The summed E-state index contributed by atoms with van der Waals surface area (Å²) in [6.07, 6.45) is 10.9. The zero-order valence-corrected chi connectivity index (χ0v) is 25.3. The number of aryl methyl sites for hydroxylation is 2. The van der Waals surface area contributed by atoms with E-state index in [0.29, 0.717) is 0 Å². The van der Waals surface area contributed by atoms with Gasteiger partial charge in [-0.25, -0.2) is 0 Å². The third kappa shape index (κ3) is 7.34. The lowest BCUT2D eigenvalue weighted by molar-refractivity contribution is 0.0704. The third-order valence-electron chi connectivity index (χ3n) is 8.70. The van der Waals surface area contributed by atoms with Crippen molar-refractivity contribution in [2.24, 2.45) is 15.9 Å². The molecule has 0 radical (unpaired) electrons. The van der Waals surface area contributed by atoms with Crippen LogP contribution in [-0.2, 0) is 6.42 Å². The number of hydrogen-bond acceptors (Lipinski definition) is 6. The molecule has 3 aliphatic rings. The van der Waals surface area contributed by atoms with Gasteiger partial charge in [0.25, 0.3) is 0 Å². The van der Waals surface area contributed by atoms with Crippen LogP contribution in [0.15, 0.2) is 70.6 Å². The van der Waals surface area contributed by atoms with Crippen molar-refractivity contribution < 1.29 is 5.11 Å². The summed E-state index contributed by atoms with van der Waals surface area (Å²) < 4.78 is 0. The zero-order valence-electron chi connectivity index (χ0n) is 25.3. The molecule has 0 amide bonds. The van der Waals surface area contributed by atoms with Crippen LogP contribution in [0, 0.1) is 12.8 Å². The van der Waals surface area contributed by atoms with Crippen molar-refractivity contribution in [3.8, 4) is 0 Å². The summed E-state index contributed by atoms with van der Waals surface area (Å²) in [5, 5.41) is 13.6. The Bertz CT molecular complexity index is 1220. The monoisotopic (exact) mass is 543 g/mol. The van der Waals surface area contributed by atoms with Gasteiger partial charge in [-0.2, -0.15) is 0 Å². The average molecular weight is 544 g/mol. The van der Waals surface area contributed by atoms with Crippen molar-refractivity contribution in [1.82, 2.24) is 15.1 Å². The maximum Gasteiger partial charge on any atom is 0.0709 e. The van der Waals surface area contributed by atoms with Crippen LogP contribution in [0.25, 0.3) is 5.70 Å². The van der Waals surface area contributed by atoms with E-state index in [4.69, 9.17) is 9.98 Å². The first-order chi connectivity index (χ1) is 19.2. The second-order valence-electron chi connectivity index (χ2n) is 11.8. The number of likely N-dealkylation sites (N-methyl/N-ethyl adjacent to an activating group) is 1. The zero-order chi connectivity index (χ0) is 28.8. The minimum Gasteiger partial charge on any atom is -0.393 e. The number of benzene rings is 1. The fourth-order valence-electron chi connectivity index (χ4n) is 6.00. The van der Waals surface area contributed by atoms with Crippen LogP contribution >= 0.6 is 0 Å². The quantitative estimate of drug-likeness (QED) is 0.464. The Morgan fingerprint density at radius 3 is 2.55 bits per heavy atom. The Kier molecular flexibility index (Phi) is 10.1. The Morgan fingerprint density at radius 1 is 1.05 bits per heavy atom. The molecule has 1 saturated carbocycles. The molecule has 40 heavy (non-hydrogen) atoms. The summed E-state index contributed by atoms with van der Waals surface area (Å²) in [6.45, 7) is 18.0. The molecule has 2 fully saturated rings. The van der Waals surface area contributed by atoms with E-state index in [1.54, 1.807) is 0 Å².